The first-order chi connectivity index (χ1) is 16.2. The number of rotatable bonds is 5. The molecule has 1 fully saturated rings. The van der Waals surface area contributed by atoms with Crippen molar-refractivity contribution in [2.75, 3.05) is 0 Å². The van der Waals surface area contributed by atoms with Crippen molar-refractivity contribution in [3.63, 3.8) is 0 Å². The van der Waals surface area contributed by atoms with Crippen LogP contribution in [0.15, 0.2) is 54.6 Å². The summed E-state index contributed by atoms with van der Waals surface area (Å²) in [5, 5.41) is 0. The van der Waals surface area contributed by atoms with Crippen molar-refractivity contribution in [2.24, 2.45) is 5.92 Å². The standard InChI is InChI=1S/C28H27F5O/c1-3-18-4-6-19(7-5-18)20-8-10-21(11-9-20)24-16-25(29)26(30)27(17(24)2)34-23-14-12-22(13-15-23)28(31,32)33/h8-16,18-19H,3-7H2,1-2H3. The number of hydrogen-bond acceptors (Lipinski definition) is 1. The molecule has 4 rings (SSSR count). The Morgan fingerprint density at radius 2 is 1.50 bits per heavy atom. The minimum absolute atomic E-state index is 0.00965. The van der Waals surface area contributed by atoms with Crippen LogP contribution < -0.4 is 4.74 Å². The monoisotopic (exact) mass is 474 g/mol. The predicted octanol–water partition coefficient (Wildman–Crippen LogP) is 9.44. The number of alkyl halides is 3. The first-order valence-corrected chi connectivity index (χ1v) is 11.6. The highest BCUT2D eigenvalue weighted by molar-refractivity contribution is 5.70. The average molecular weight is 475 g/mol. The Kier molecular flexibility index (Phi) is 6.96. The van der Waals surface area contributed by atoms with Crippen molar-refractivity contribution < 1.29 is 26.7 Å². The Morgan fingerprint density at radius 1 is 0.882 bits per heavy atom. The summed E-state index contributed by atoms with van der Waals surface area (Å²) in [7, 11) is 0. The zero-order valence-corrected chi connectivity index (χ0v) is 19.2. The van der Waals surface area contributed by atoms with Crippen LogP contribution in [0, 0.1) is 24.5 Å². The molecule has 0 spiro atoms. The summed E-state index contributed by atoms with van der Waals surface area (Å²) < 4.78 is 73.0. The van der Waals surface area contributed by atoms with Gasteiger partial charge in [0.1, 0.15) is 5.75 Å². The fraction of sp³-hybridized carbons (Fsp3) is 0.357. The molecular weight excluding hydrogens is 447 g/mol. The van der Waals surface area contributed by atoms with Crippen LogP contribution in [-0.4, -0.2) is 0 Å². The van der Waals surface area contributed by atoms with Crippen LogP contribution in [0.2, 0.25) is 0 Å². The maximum Gasteiger partial charge on any atom is 0.416 e. The fourth-order valence-electron chi connectivity index (χ4n) is 4.78. The van der Waals surface area contributed by atoms with Gasteiger partial charge in [-0.2, -0.15) is 17.6 Å². The molecule has 0 heterocycles. The molecule has 1 aliphatic carbocycles. The lowest BCUT2D eigenvalue weighted by Crippen LogP contribution is -2.12. The second kappa shape index (κ2) is 9.77. The second-order valence-corrected chi connectivity index (χ2v) is 9.05. The van der Waals surface area contributed by atoms with E-state index in [1.807, 2.05) is 24.3 Å². The number of halogens is 5. The third kappa shape index (κ3) is 5.11. The summed E-state index contributed by atoms with van der Waals surface area (Å²) in [4.78, 5) is 0. The quantitative estimate of drug-likeness (QED) is 0.335. The van der Waals surface area contributed by atoms with Crippen molar-refractivity contribution in [1.29, 1.82) is 0 Å². The van der Waals surface area contributed by atoms with Gasteiger partial charge in [0.15, 0.2) is 11.6 Å². The van der Waals surface area contributed by atoms with Crippen LogP contribution in [0.1, 0.15) is 61.6 Å². The van der Waals surface area contributed by atoms with Gasteiger partial charge in [0, 0.05) is 5.56 Å². The van der Waals surface area contributed by atoms with Crippen LogP contribution >= 0.6 is 0 Å². The van der Waals surface area contributed by atoms with E-state index in [-0.39, 0.29) is 11.5 Å². The molecule has 0 saturated heterocycles. The Labute approximate surface area is 196 Å². The molecule has 1 nitrogen and oxygen atoms in total. The fourth-order valence-corrected chi connectivity index (χ4v) is 4.78. The molecule has 0 aliphatic heterocycles. The molecule has 3 aromatic rings. The van der Waals surface area contributed by atoms with Gasteiger partial charge < -0.3 is 4.74 Å². The summed E-state index contributed by atoms with van der Waals surface area (Å²) in [5.41, 5.74) is 1.97. The van der Waals surface area contributed by atoms with Crippen LogP contribution in [0.5, 0.6) is 11.5 Å². The highest BCUT2D eigenvalue weighted by Gasteiger charge is 2.30. The molecular formula is C28H27F5O. The molecule has 180 valence electrons. The van der Waals surface area contributed by atoms with Crippen LogP contribution in [0.4, 0.5) is 22.0 Å². The normalized spacial score (nSPS) is 18.7. The molecule has 1 saturated carbocycles. The smallest absolute Gasteiger partial charge is 0.416 e. The SMILES string of the molecule is CCC1CCC(c2ccc(-c3cc(F)c(F)c(Oc4ccc(C(F)(F)F)cc4)c3C)cc2)CC1. The molecule has 34 heavy (non-hydrogen) atoms. The predicted molar refractivity (Wildman–Crippen MR) is 123 cm³/mol. The lowest BCUT2D eigenvalue weighted by molar-refractivity contribution is -0.137. The summed E-state index contributed by atoms with van der Waals surface area (Å²) in [5.74, 6) is -1.28. The van der Waals surface area contributed by atoms with Gasteiger partial charge in [-0.1, -0.05) is 37.6 Å². The van der Waals surface area contributed by atoms with E-state index in [4.69, 9.17) is 4.74 Å². The minimum atomic E-state index is -4.49. The van der Waals surface area contributed by atoms with Gasteiger partial charge in [0.25, 0.3) is 0 Å². The largest absolute Gasteiger partial charge is 0.454 e. The molecule has 1 aliphatic rings. The average Bonchev–Trinajstić information content (AvgIpc) is 2.84. The van der Waals surface area contributed by atoms with E-state index in [1.54, 1.807) is 6.92 Å². The molecule has 0 radical (unpaired) electrons. The van der Waals surface area contributed by atoms with E-state index in [0.29, 0.717) is 17.0 Å². The molecule has 0 unspecified atom stereocenters. The van der Waals surface area contributed by atoms with Crippen molar-refractivity contribution in [3.05, 3.63) is 82.9 Å². The zero-order chi connectivity index (χ0) is 24.5. The van der Waals surface area contributed by atoms with E-state index >= 15 is 0 Å². The van der Waals surface area contributed by atoms with Crippen LogP contribution in [-0.2, 0) is 6.18 Å². The molecule has 0 bridgehead atoms. The second-order valence-electron chi connectivity index (χ2n) is 9.05. The first kappa shape index (κ1) is 24.2. The minimum Gasteiger partial charge on any atom is -0.454 e. The van der Waals surface area contributed by atoms with Crippen molar-refractivity contribution in [1.82, 2.24) is 0 Å². The molecule has 0 aromatic heterocycles. The Bertz CT molecular complexity index is 1130. The van der Waals surface area contributed by atoms with E-state index in [1.165, 1.54) is 24.8 Å². The van der Waals surface area contributed by atoms with Gasteiger partial charge in [-0.25, -0.2) is 4.39 Å². The molecule has 0 atom stereocenters. The summed E-state index contributed by atoms with van der Waals surface area (Å²) in [6.07, 6.45) is 1.51. The lowest BCUT2D eigenvalue weighted by Gasteiger charge is -2.28. The summed E-state index contributed by atoms with van der Waals surface area (Å²) in [6, 6.07) is 12.9. The van der Waals surface area contributed by atoms with Gasteiger partial charge in [-0.15, -0.1) is 0 Å². The van der Waals surface area contributed by atoms with Gasteiger partial charge in [0.2, 0.25) is 5.82 Å². The number of ether oxygens (including phenoxy) is 1. The highest BCUT2D eigenvalue weighted by Crippen LogP contribution is 2.40. The third-order valence-electron chi connectivity index (χ3n) is 6.94. The summed E-state index contributed by atoms with van der Waals surface area (Å²) in [6.45, 7) is 3.84. The zero-order valence-electron chi connectivity index (χ0n) is 19.2. The Morgan fingerprint density at radius 3 is 2.06 bits per heavy atom. The van der Waals surface area contributed by atoms with Crippen LogP contribution in [0.25, 0.3) is 11.1 Å². The van der Waals surface area contributed by atoms with Gasteiger partial charge in [-0.3, -0.25) is 0 Å². The third-order valence-corrected chi connectivity index (χ3v) is 6.94. The molecule has 3 aromatic carbocycles. The van der Waals surface area contributed by atoms with Crippen LogP contribution in [0.3, 0.4) is 0 Å². The highest BCUT2D eigenvalue weighted by atomic mass is 19.4. The Balaban J connectivity index is 1.59. The topological polar surface area (TPSA) is 9.23 Å². The van der Waals surface area contributed by atoms with Crippen molar-refractivity contribution in [3.8, 4) is 22.6 Å². The van der Waals surface area contributed by atoms with Gasteiger partial charge in [0.05, 0.1) is 5.56 Å². The van der Waals surface area contributed by atoms with E-state index in [2.05, 4.69) is 6.92 Å². The van der Waals surface area contributed by atoms with Crippen molar-refractivity contribution in [2.45, 2.75) is 58.0 Å². The maximum atomic E-state index is 14.6. The van der Waals surface area contributed by atoms with Crippen molar-refractivity contribution >= 4 is 0 Å². The lowest BCUT2D eigenvalue weighted by atomic mass is 9.77. The van der Waals surface area contributed by atoms with Gasteiger partial charge in [-0.05, 0) is 91.5 Å². The van der Waals surface area contributed by atoms with E-state index in [0.717, 1.165) is 54.7 Å². The van der Waals surface area contributed by atoms with E-state index in [9.17, 15) is 22.0 Å². The maximum absolute atomic E-state index is 14.6. The summed E-state index contributed by atoms with van der Waals surface area (Å²) >= 11 is 0. The molecule has 6 heteroatoms. The first-order valence-electron chi connectivity index (χ1n) is 11.6. The number of hydrogen-bond donors (Lipinski definition) is 0. The van der Waals surface area contributed by atoms with E-state index < -0.39 is 23.4 Å². The van der Waals surface area contributed by atoms with Gasteiger partial charge >= 0.3 is 6.18 Å². The molecule has 0 amide bonds. The molecule has 0 N–H and O–H groups in total. The Hall–Kier alpha value is -2.89. The number of benzene rings is 3.